The summed E-state index contributed by atoms with van der Waals surface area (Å²) in [6.07, 6.45) is 0.733. The van der Waals surface area contributed by atoms with E-state index in [2.05, 4.69) is 53.0 Å². The number of amides is 1. The highest BCUT2D eigenvalue weighted by Crippen LogP contribution is 2.22. The number of likely N-dealkylation sites (tertiary alicyclic amines) is 1. The molecule has 0 aromatic heterocycles. The molecule has 5 heteroatoms. The zero-order valence-corrected chi connectivity index (χ0v) is 15.2. The molecule has 1 aromatic rings. The third-order valence-electron chi connectivity index (χ3n) is 3.39. The molecule has 0 spiro atoms. The fourth-order valence-electron chi connectivity index (χ4n) is 2.38. The number of halogens is 1. The van der Waals surface area contributed by atoms with Crippen LogP contribution in [0.25, 0.3) is 0 Å². The molecule has 1 saturated heterocycles. The van der Waals surface area contributed by atoms with Gasteiger partial charge in [-0.3, -0.25) is 0 Å². The highest BCUT2D eigenvalue weighted by molar-refractivity contribution is 14.1. The summed E-state index contributed by atoms with van der Waals surface area (Å²) in [6.45, 7) is 9.23. The zero-order valence-electron chi connectivity index (χ0n) is 13.1. The molecule has 0 bridgehead atoms. The molecule has 1 amide bonds. The predicted molar refractivity (Wildman–Crippen MR) is 93.7 cm³/mol. The topological polar surface area (TPSA) is 41.6 Å². The minimum atomic E-state index is -0.435. The van der Waals surface area contributed by atoms with Crippen molar-refractivity contribution in [3.63, 3.8) is 0 Å². The lowest BCUT2D eigenvalue weighted by Crippen LogP contribution is -2.36. The van der Waals surface area contributed by atoms with Gasteiger partial charge in [-0.2, -0.15) is 0 Å². The van der Waals surface area contributed by atoms with Crippen molar-refractivity contribution in [1.82, 2.24) is 4.90 Å². The van der Waals surface area contributed by atoms with Crippen LogP contribution in [0.1, 0.15) is 32.8 Å². The number of hydrogen-bond acceptors (Lipinski definition) is 3. The molecule has 1 unspecified atom stereocenters. The third kappa shape index (κ3) is 4.76. The Morgan fingerprint density at radius 1 is 1.43 bits per heavy atom. The van der Waals surface area contributed by atoms with Gasteiger partial charge in [-0.15, -0.1) is 0 Å². The molecule has 2 rings (SSSR count). The van der Waals surface area contributed by atoms with E-state index in [4.69, 9.17) is 4.74 Å². The van der Waals surface area contributed by atoms with Crippen LogP contribution in [0.4, 0.5) is 10.5 Å². The van der Waals surface area contributed by atoms with Crippen LogP contribution < -0.4 is 5.32 Å². The predicted octanol–water partition coefficient (Wildman–Crippen LogP) is 4.02. The standard InChI is InChI=1S/C16H23IN2O2/c1-11-9-12(17)5-6-14(11)18-13-7-8-19(10-13)15(20)21-16(2,3)4/h5-6,9,13,18H,7-8,10H2,1-4H3. The van der Waals surface area contributed by atoms with Crippen molar-refractivity contribution in [2.24, 2.45) is 0 Å². The zero-order chi connectivity index (χ0) is 15.6. The van der Waals surface area contributed by atoms with Gasteiger partial charge in [0, 0.05) is 28.4 Å². The van der Waals surface area contributed by atoms with Crippen LogP contribution in [0.5, 0.6) is 0 Å². The molecule has 21 heavy (non-hydrogen) atoms. The van der Waals surface area contributed by atoms with Crippen molar-refractivity contribution in [3.8, 4) is 0 Å². The van der Waals surface area contributed by atoms with Gasteiger partial charge in [-0.05, 0) is 80.5 Å². The first-order valence-corrected chi connectivity index (χ1v) is 8.33. The Balaban J connectivity index is 1.92. The Bertz CT molecular complexity index is 525. The number of nitrogens with one attached hydrogen (secondary N) is 1. The maximum Gasteiger partial charge on any atom is 0.410 e. The Kier molecular flexibility index (Phi) is 5.01. The summed E-state index contributed by atoms with van der Waals surface area (Å²) >= 11 is 2.31. The molecule has 1 heterocycles. The van der Waals surface area contributed by atoms with Gasteiger partial charge in [-0.1, -0.05) is 0 Å². The van der Waals surface area contributed by atoms with Gasteiger partial charge in [0.1, 0.15) is 5.60 Å². The molecule has 0 saturated carbocycles. The highest BCUT2D eigenvalue weighted by atomic mass is 127. The van der Waals surface area contributed by atoms with Crippen LogP contribution >= 0.6 is 22.6 Å². The quantitative estimate of drug-likeness (QED) is 0.760. The molecule has 0 aliphatic carbocycles. The summed E-state index contributed by atoms with van der Waals surface area (Å²) < 4.78 is 6.65. The van der Waals surface area contributed by atoms with E-state index in [1.54, 1.807) is 4.90 Å². The van der Waals surface area contributed by atoms with Crippen LogP contribution in [0.3, 0.4) is 0 Å². The van der Waals surface area contributed by atoms with E-state index in [1.807, 2.05) is 20.8 Å². The lowest BCUT2D eigenvalue weighted by Gasteiger charge is -2.24. The fourth-order valence-corrected chi connectivity index (χ4v) is 3.03. The van der Waals surface area contributed by atoms with E-state index in [0.29, 0.717) is 6.54 Å². The van der Waals surface area contributed by atoms with E-state index in [1.165, 1.54) is 9.13 Å². The fraction of sp³-hybridized carbons (Fsp3) is 0.562. The molecule has 4 nitrogen and oxygen atoms in total. The van der Waals surface area contributed by atoms with Crippen molar-refractivity contribution in [2.45, 2.75) is 45.8 Å². The van der Waals surface area contributed by atoms with Crippen LogP contribution in [0.15, 0.2) is 18.2 Å². The average molecular weight is 402 g/mol. The van der Waals surface area contributed by atoms with Crippen molar-refractivity contribution in [3.05, 3.63) is 27.3 Å². The molecule has 1 atom stereocenters. The summed E-state index contributed by atoms with van der Waals surface area (Å²) in [4.78, 5) is 13.8. The summed E-state index contributed by atoms with van der Waals surface area (Å²) in [5, 5.41) is 3.53. The second-order valence-electron chi connectivity index (χ2n) is 6.52. The molecule has 1 aliphatic heterocycles. The molecule has 1 fully saturated rings. The monoisotopic (exact) mass is 402 g/mol. The summed E-state index contributed by atoms with van der Waals surface area (Å²) in [5.41, 5.74) is 1.94. The number of ether oxygens (including phenoxy) is 1. The molecule has 116 valence electrons. The van der Waals surface area contributed by atoms with Crippen molar-refractivity contribution >= 4 is 34.4 Å². The molecule has 1 N–H and O–H groups in total. The van der Waals surface area contributed by atoms with Crippen molar-refractivity contribution < 1.29 is 9.53 Å². The molecule has 1 aromatic carbocycles. The van der Waals surface area contributed by atoms with E-state index in [-0.39, 0.29) is 12.1 Å². The first-order valence-electron chi connectivity index (χ1n) is 7.25. The second kappa shape index (κ2) is 6.42. The molecular formula is C16H23IN2O2. The Hall–Kier alpha value is -0.980. The first kappa shape index (κ1) is 16.4. The maximum atomic E-state index is 12.0. The van der Waals surface area contributed by atoms with E-state index < -0.39 is 5.60 Å². The van der Waals surface area contributed by atoms with Gasteiger partial charge in [0.15, 0.2) is 0 Å². The Morgan fingerprint density at radius 2 is 2.14 bits per heavy atom. The molecule has 0 radical (unpaired) electrons. The van der Waals surface area contributed by atoms with E-state index >= 15 is 0 Å². The number of benzene rings is 1. The van der Waals surface area contributed by atoms with Crippen LogP contribution in [-0.2, 0) is 4.74 Å². The largest absolute Gasteiger partial charge is 0.444 e. The summed E-state index contributed by atoms with van der Waals surface area (Å²) in [5.74, 6) is 0. The highest BCUT2D eigenvalue weighted by Gasteiger charge is 2.29. The third-order valence-corrected chi connectivity index (χ3v) is 4.06. The minimum absolute atomic E-state index is 0.217. The Labute approximate surface area is 140 Å². The normalized spacial score (nSPS) is 18.7. The van der Waals surface area contributed by atoms with Gasteiger partial charge >= 0.3 is 6.09 Å². The smallest absolute Gasteiger partial charge is 0.410 e. The summed E-state index contributed by atoms with van der Waals surface area (Å²) in [6, 6.07) is 6.64. The van der Waals surface area contributed by atoms with E-state index in [0.717, 1.165) is 18.7 Å². The lowest BCUT2D eigenvalue weighted by atomic mass is 10.1. The number of nitrogens with zero attached hydrogens (tertiary/aromatic N) is 1. The number of rotatable bonds is 2. The number of carbonyl (C=O) groups excluding carboxylic acids is 1. The average Bonchev–Trinajstić information content (AvgIpc) is 2.79. The maximum absolute atomic E-state index is 12.0. The van der Waals surface area contributed by atoms with Crippen molar-refractivity contribution in [1.29, 1.82) is 0 Å². The number of anilines is 1. The minimum Gasteiger partial charge on any atom is -0.444 e. The molecular weight excluding hydrogens is 379 g/mol. The number of hydrogen-bond donors (Lipinski definition) is 1. The van der Waals surface area contributed by atoms with E-state index in [9.17, 15) is 4.79 Å². The number of carbonyl (C=O) groups is 1. The van der Waals surface area contributed by atoms with Gasteiger partial charge < -0.3 is 15.0 Å². The second-order valence-corrected chi connectivity index (χ2v) is 7.76. The van der Waals surface area contributed by atoms with Gasteiger partial charge in [0.05, 0.1) is 0 Å². The van der Waals surface area contributed by atoms with Gasteiger partial charge in [0.25, 0.3) is 0 Å². The van der Waals surface area contributed by atoms with Crippen LogP contribution in [0.2, 0.25) is 0 Å². The molecule has 1 aliphatic rings. The van der Waals surface area contributed by atoms with Gasteiger partial charge in [0.2, 0.25) is 0 Å². The lowest BCUT2D eigenvalue weighted by molar-refractivity contribution is 0.0293. The summed E-state index contributed by atoms with van der Waals surface area (Å²) in [7, 11) is 0. The van der Waals surface area contributed by atoms with Crippen molar-refractivity contribution in [2.75, 3.05) is 18.4 Å². The van der Waals surface area contributed by atoms with Crippen LogP contribution in [-0.4, -0.2) is 35.7 Å². The Morgan fingerprint density at radius 3 is 2.76 bits per heavy atom. The SMILES string of the molecule is Cc1cc(I)ccc1NC1CCN(C(=O)OC(C)(C)C)C1. The van der Waals surface area contributed by atoms with Crippen LogP contribution in [0, 0.1) is 10.5 Å². The van der Waals surface area contributed by atoms with Gasteiger partial charge in [-0.25, -0.2) is 4.79 Å². The number of aryl methyl sites for hydroxylation is 1. The first-order chi connectivity index (χ1) is 9.74.